The van der Waals surface area contributed by atoms with E-state index < -0.39 is 12.2 Å². The Kier molecular flexibility index (Phi) is 1.91. The summed E-state index contributed by atoms with van der Waals surface area (Å²) >= 11 is 0. The summed E-state index contributed by atoms with van der Waals surface area (Å²) in [6, 6.07) is 6.75. The first kappa shape index (κ1) is 8.08. The molecule has 0 saturated heterocycles. The molecule has 13 heavy (non-hydrogen) atoms. The maximum atomic E-state index is 13.3. The zero-order chi connectivity index (χ0) is 9.26. The lowest BCUT2D eigenvalue weighted by molar-refractivity contribution is 0.303. The number of halogens is 1. The van der Waals surface area contributed by atoms with Gasteiger partial charge in [0, 0.05) is 11.3 Å². The summed E-state index contributed by atoms with van der Waals surface area (Å²) < 4.78 is 13.3. The highest BCUT2D eigenvalue weighted by Gasteiger charge is 2.31. The summed E-state index contributed by atoms with van der Waals surface area (Å²) in [4.78, 5) is 2.65. The highest BCUT2D eigenvalue weighted by Crippen LogP contribution is 2.36. The molecule has 0 spiro atoms. The second-order valence-corrected chi connectivity index (χ2v) is 3.07. The lowest BCUT2D eigenvalue weighted by Crippen LogP contribution is -2.03. The zero-order valence-electron chi connectivity index (χ0n) is 6.89. The quantitative estimate of drug-likeness (QED) is 0.360. The van der Waals surface area contributed by atoms with Gasteiger partial charge in [-0.3, -0.25) is 0 Å². The summed E-state index contributed by atoms with van der Waals surface area (Å²) in [6.07, 6.45) is -0.701. The maximum Gasteiger partial charge on any atom is 0.117 e. The van der Waals surface area contributed by atoms with Crippen molar-refractivity contribution in [2.75, 3.05) is 0 Å². The van der Waals surface area contributed by atoms with E-state index in [2.05, 4.69) is 10.0 Å². The average Bonchev–Trinajstić information content (AvgIpc) is 2.44. The average molecular weight is 177 g/mol. The minimum atomic E-state index is -1.06. The number of fused-ring (bicyclic) bond motifs is 1. The van der Waals surface area contributed by atoms with Gasteiger partial charge in [-0.25, -0.2) is 4.39 Å². The molecule has 1 aromatic carbocycles. The van der Waals surface area contributed by atoms with Crippen molar-refractivity contribution < 1.29 is 4.39 Å². The monoisotopic (exact) mass is 177 g/mol. The first-order chi connectivity index (χ1) is 6.33. The number of rotatable bonds is 1. The van der Waals surface area contributed by atoms with Crippen LogP contribution in [0.4, 0.5) is 4.39 Å². The summed E-state index contributed by atoms with van der Waals surface area (Å²) in [5, 5.41) is 3.45. The number of alkyl halides is 1. The van der Waals surface area contributed by atoms with Gasteiger partial charge < -0.3 is 0 Å². The van der Waals surface area contributed by atoms with Gasteiger partial charge >= 0.3 is 0 Å². The molecule has 0 amide bonds. The van der Waals surface area contributed by atoms with E-state index in [1.54, 1.807) is 0 Å². The van der Waals surface area contributed by atoms with Crippen LogP contribution in [-0.4, -0.2) is 6.17 Å². The third-order valence-electron chi connectivity index (χ3n) is 2.31. The van der Waals surface area contributed by atoms with Crippen LogP contribution in [0.3, 0.4) is 0 Å². The topological polar surface area (TPSA) is 48.8 Å². The smallest absolute Gasteiger partial charge is 0.117 e. The SMILES string of the molecule is [N-]=[N+]=NC1c2ccccc2CC1F. The maximum absolute atomic E-state index is 13.3. The molecule has 2 atom stereocenters. The van der Waals surface area contributed by atoms with Crippen LogP contribution >= 0.6 is 0 Å². The molecule has 3 nitrogen and oxygen atoms in total. The highest BCUT2D eigenvalue weighted by atomic mass is 19.1. The number of azide groups is 1. The highest BCUT2D eigenvalue weighted by molar-refractivity contribution is 5.36. The van der Waals surface area contributed by atoms with Crippen molar-refractivity contribution in [3.05, 3.63) is 45.8 Å². The summed E-state index contributed by atoms with van der Waals surface area (Å²) in [5.74, 6) is 0. The second-order valence-electron chi connectivity index (χ2n) is 3.07. The van der Waals surface area contributed by atoms with Crippen molar-refractivity contribution in [2.45, 2.75) is 18.6 Å². The van der Waals surface area contributed by atoms with E-state index in [4.69, 9.17) is 5.53 Å². The number of hydrogen-bond donors (Lipinski definition) is 0. The van der Waals surface area contributed by atoms with Crippen molar-refractivity contribution >= 4 is 0 Å². The van der Waals surface area contributed by atoms with Crippen LogP contribution in [-0.2, 0) is 6.42 Å². The molecule has 0 fully saturated rings. The molecule has 0 bridgehead atoms. The molecule has 1 aliphatic carbocycles. The third-order valence-corrected chi connectivity index (χ3v) is 2.31. The summed E-state index contributed by atoms with van der Waals surface area (Å²) in [6.45, 7) is 0. The van der Waals surface area contributed by atoms with E-state index in [-0.39, 0.29) is 0 Å². The van der Waals surface area contributed by atoms with E-state index in [0.29, 0.717) is 6.42 Å². The van der Waals surface area contributed by atoms with Crippen LogP contribution in [0.25, 0.3) is 10.4 Å². The molecule has 66 valence electrons. The van der Waals surface area contributed by atoms with Crippen molar-refractivity contribution in [3.8, 4) is 0 Å². The van der Waals surface area contributed by atoms with Gasteiger partial charge in [-0.15, -0.1) is 0 Å². The molecular formula is C9H8FN3. The molecule has 2 rings (SSSR count). The fourth-order valence-corrected chi connectivity index (χ4v) is 1.72. The van der Waals surface area contributed by atoms with E-state index in [1.807, 2.05) is 24.3 Å². The van der Waals surface area contributed by atoms with Crippen molar-refractivity contribution in [1.29, 1.82) is 0 Å². The predicted molar refractivity (Wildman–Crippen MR) is 46.9 cm³/mol. The summed E-state index contributed by atoms with van der Waals surface area (Å²) in [5.41, 5.74) is 10.0. The Morgan fingerprint density at radius 2 is 2.23 bits per heavy atom. The third kappa shape index (κ3) is 1.25. The molecular weight excluding hydrogens is 169 g/mol. The predicted octanol–water partition coefficient (Wildman–Crippen LogP) is 2.93. The van der Waals surface area contributed by atoms with Gasteiger partial charge in [0.05, 0.1) is 6.04 Å². The Bertz CT molecular complexity index is 371. The molecule has 1 aromatic rings. The van der Waals surface area contributed by atoms with Gasteiger partial charge in [0.2, 0.25) is 0 Å². The van der Waals surface area contributed by atoms with E-state index in [9.17, 15) is 4.39 Å². The van der Waals surface area contributed by atoms with Crippen molar-refractivity contribution in [2.24, 2.45) is 5.11 Å². The van der Waals surface area contributed by atoms with Gasteiger partial charge in [-0.2, -0.15) is 0 Å². The van der Waals surface area contributed by atoms with Gasteiger partial charge in [0.25, 0.3) is 0 Å². The van der Waals surface area contributed by atoms with E-state index in [1.165, 1.54) is 0 Å². The lowest BCUT2D eigenvalue weighted by atomic mass is 10.1. The largest absolute Gasteiger partial charge is 0.246 e. The van der Waals surface area contributed by atoms with Gasteiger partial charge in [0.15, 0.2) is 0 Å². The minimum Gasteiger partial charge on any atom is -0.246 e. The first-order valence-corrected chi connectivity index (χ1v) is 4.09. The molecule has 0 N–H and O–H groups in total. The van der Waals surface area contributed by atoms with Crippen molar-refractivity contribution in [1.82, 2.24) is 0 Å². The second kappa shape index (κ2) is 3.07. The van der Waals surface area contributed by atoms with Crippen LogP contribution in [0.1, 0.15) is 17.2 Å². The fraction of sp³-hybridized carbons (Fsp3) is 0.333. The number of nitrogens with zero attached hydrogens (tertiary/aromatic N) is 3. The molecule has 0 heterocycles. The number of benzene rings is 1. The Balaban J connectivity index is 2.46. The number of hydrogen-bond acceptors (Lipinski definition) is 1. The molecule has 4 heteroatoms. The van der Waals surface area contributed by atoms with Crippen LogP contribution in [0.5, 0.6) is 0 Å². The van der Waals surface area contributed by atoms with Gasteiger partial charge in [-0.05, 0) is 16.7 Å². The summed E-state index contributed by atoms with van der Waals surface area (Å²) in [7, 11) is 0. The molecule has 0 saturated carbocycles. The fourth-order valence-electron chi connectivity index (χ4n) is 1.72. The van der Waals surface area contributed by atoms with Crippen LogP contribution in [0, 0.1) is 0 Å². The Hall–Kier alpha value is -1.54. The van der Waals surface area contributed by atoms with E-state index in [0.717, 1.165) is 11.1 Å². The molecule has 0 radical (unpaired) electrons. The minimum absolute atomic E-state index is 0.361. The van der Waals surface area contributed by atoms with Crippen molar-refractivity contribution in [3.63, 3.8) is 0 Å². The normalized spacial score (nSPS) is 25.0. The Morgan fingerprint density at radius 1 is 1.46 bits per heavy atom. The standard InChI is InChI=1S/C9H8FN3/c10-8-5-6-3-1-2-4-7(6)9(8)12-13-11/h1-4,8-9H,5H2. The van der Waals surface area contributed by atoms with Crippen LogP contribution in [0.2, 0.25) is 0 Å². The zero-order valence-corrected chi connectivity index (χ0v) is 6.89. The Morgan fingerprint density at radius 3 is 3.00 bits per heavy atom. The first-order valence-electron chi connectivity index (χ1n) is 4.09. The molecule has 1 aliphatic rings. The van der Waals surface area contributed by atoms with E-state index >= 15 is 0 Å². The molecule has 0 aromatic heterocycles. The van der Waals surface area contributed by atoms with Crippen LogP contribution < -0.4 is 0 Å². The Labute approximate surface area is 74.8 Å². The van der Waals surface area contributed by atoms with Crippen LogP contribution in [0.15, 0.2) is 29.4 Å². The molecule has 0 aliphatic heterocycles. The van der Waals surface area contributed by atoms with Gasteiger partial charge in [-0.1, -0.05) is 29.4 Å². The lowest BCUT2D eigenvalue weighted by Gasteiger charge is -2.05. The van der Waals surface area contributed by atoms with Gasteiger partial charge in [0.1, 0.15) is 6.17 Å². The molecule has 2 unspecified atom stereocenters.